The first-order valence-corrected chi connectivity index (χ1v) is 9.83. The first-order valence-electron chi connectivity index (χ1n) is 8.22. The van der Waals surface area contributed by atoms with E-state index in [-0.39, 0.29) is 0 Å². The normalized spacial score (nSPS) is 11.4. The van der Waals surface area contributed by atoms with Gasteiger partial charge in [0.2, 0.25) is 4.96 Å². The van der Waals surface area contributed by atoms with Crippen LogP contribution >= 0.6 is 27.3 Å². The molecule has 6 heteroatoms. The highest BCUT2D eigenvalue weighted by molar-refractivity contribution is 9.10. The Hall–Kier alpha value is -2.57. The number of nitrogens with zero attached hydrogens (tertiary/aromatic N) is 4. The molecule has 0 amide bonds. The molecule has 5 aromatic rings. The summed E-state index contributed by atoms with van der Waals surface area (Å²) in [7, 11) is 0. The minimum Gasteiger partial charge on any atom is -0.187 e. The van der Waals surface area contributed by atoms with Gasteiger partial charge in [-0.15, -0.1) is 10.2 Å². The molecule has 126 valence electrons. The molecule has 26 heavy (non-hydrogen) atoms. The number of fused-ring (bicyclic) bond motifs is 2. The summed E-state index contributed by atoms with van der Waals surface area (Å²) in [5.74, 6) is 0.857. The number of benzene rings is 3. The molecule has 2 heterocycles. The quantitative estimate of drug-likeness (QED) is 0.394. The van der Waals surface area contributed by atoms with E-state index in [0.29, 0.717) is 6.42 Å². The third-order valence-electron chi connectivity index (χ3n) is 4.36. The van der Waals surface area contributed by atoms with Crippen LogP contribution in [-0.4, -0.2) is 19.8 Å². The highest BCUT2D eigenvalue weighted by atomic mass is 79.9. The predicted molar refractivity (Wildman–Crippen MR) is 109 cm³/mol. The Morgan fingerprint density at radius 2 is 1.65 bits per heavy atom. The maximum absolute atomic E-state index is 4.81. The van der Waals surface area contributed by atoms with Gasteiger partial charge in [-0.1, -0.05) is 87.9 Å². The van der Waals surface area contributed by atoms with Crippen molar-refractivity contribution in [3.05, 3.63) is 82.6 Å². The standard InChI is InChI=1S/C20H13BrN4S/c21-17-11-5-8-14-15(17)9-4-10-16(14)19-24-25-18(22-23-20(25)26-19)12-13-6-2-1-3-7-13/h1-11H,12H2. The van der Waals surface area contributed by atoms with Crippen molar-refractivity contribution in [2.45, 2.75) is 6.42 Å². The Kier molecular flexibility index (Phi) is 3.80. The zero-order valence-electron chi connectivity index (χ0n) is 13.6. The largest absolute Gasteiger partial charge is 0.234 e. The Bertz CT molecular complexity index is 1230. The molecule has 0 radical (unpaired) electrons. The van der Waals surface area contributed by atoms with Gasteiger partial charge in [0.25, 0.3) is 0 Å². The topological polar surface area (TPSA) is 43.1 Å². The van der Waals surface area contributed by atoms with Crippen molar-refractivity contribution in [1.29, 1.82) is 0 Å². The molecule has 0 unspecified atom stereocenters. The fourth-order valence-electron chi connectivity index (χ4n) is 3.11. The van der Waals surface area contributed by atoms with Gasteiger partial charge in [0, 0.05) is 16.5 Å². The fourth-order valence-corrected chi connectivity index (χ4v) is 4.51. The Labute approximate surface area is 162 Å². The number of hydrogen-bond donors (Lipinski definition) is 0. The van der Waals surface area contributed by atoms with Gasteiger partial charge in [-0.25, -0.2) is 0 Å². The number of halogens is 1. The SMILES string of the molecule is Brc1cccc2c(-c3nn4c(Cc5ccccc5)nnc4s3)cccc12. The van der Waals surface area contributed by atoms with Crippen LogP contribution in [0.15, 0.2) is 71.2 Å². The molecule has 2 aromatic heterocycles. The molecule has 0 atom stereocenters. The van der Waals surface area contributed by atoms with Crippen LogP contribution in [0.4, 0.5) is 0 Å². The predicted octanol–water partition coefficient (Wildman–Crippen LogP) is 5.36. The number of rotatable bonds is 3. The average Bonchev–Trinajstić information content (AvgIpc) is 3.25. The molecule has 0 aliphatic rings. The van der Waals surface area contributed by atoms with Gasteiger partial charge in [0.1, 0.15) is 5.01 Å². The average molecular weight is 421 g/mol. The van der Waals surface area contributed by atoms with Crippen molar-refractivity contribution in [2.24, 2.45) is 0 Å². The summed E-state index contributed by atoms with van der Waals surface area (Å²) in [5, 5.41) is 16.8. The van der Waals surface area contributed by atoms with E-state index >= 15 is 0 Å². The molecule has 4 nitrogen and oxygen atoms in total. The zero-order chi connectivity index (χ0) is 17.5. The fraction of sp³-hybridized carbons (Fsp3) is 0.0500. The first kappa shape index (κ1) is 15.7. The third-order valence-corrected chi connectivity index (χ3v) is 5.98. The molecule has 3 aromatic carbocycles. The molecule has 0 saturated heterocycles. The molecule has 0 bridgehead atoms. The van der Waals surface area contributed by atoms with E-state index in [0.717, 1.165) is 25.8 Å². The Balaban J connectivity index is 1.62. The van der Waals surface area contributed by atoms with E-state index in [9.17, 15) is 0 Å². The smallest absolute Gasteiger partial charge is 0.187 e. The monoisotopic (exact) mass is 420 g/mol. The molecule has 0 aliphatic carbocycles. The van der Waals surface area contributed by atoms with Crippen LogP contribution < -0.4 is 0 Å². The lowest BCUT2D eigenvalue weighted by Gasteiger charge is -2.04. The van der Waals surface area contributed by atoms with E-state index in [1.807, 2.05) is 22.7 Å². The van der Waals surface area contributed by atoms with E-state index in [1.54, 1.807) is 11.3 Å². The van der Waals surface area contributed by atoms with Crippen molar-refractivity contribution in [2.75, 3.05) is 0 Å². The summed E-state index contributed by atoms with van der Waals surface area (Å²) in [4.78, 5) is 0.818. The molecular weight excluding hydrogens is 408 g/mol. The van der Waals surface area contributed by atoms with Crippen LogP contribution in [0.5, 0.6) is 0 Å². The van der Waals surface area contributed by atoms with Crippen LogP contribution in [0.25, 0.3) is 26.3 Å². The van der Waals surface area contributed by atoms with Crippen molar-refractivity contribution >= 4 is 43.0 Å². The molecule has 0 saturated carbocycles. The minimum absolute atomic E-state index is 0.715. The highest BCUT2D eigenvalue weighted by Gasteiger charge is 2.15. The number of aromatic nitrogens is 4. The summed E-state index contributed by atoms with van der Waals surface area (Å²) in [6.07, 6.45) is 0.715. The van der Waals surface area contributed by atoms with E-state index in [1.165, 1.54) is 16.3 Å². The zero-order valence-corrected chi connectivity index (χ0v) is 16.0. The molecule has 0 N–H and O–H groups in total. The second-order valence-electron chi connectivity index (χ2n) is 6.02. The Morgan fingerprint density at radius 3 is 2.54 bits per heavy atom. The first-order chi connectivity index (χ1) is 12.8. The highest BCUT2D eigenvalue weighted by Crippen LogP contribution is 2.34. The Morgan fingerprint density at radius 1 is 0.846 bits per heavy atom. The van der Waals surface area contributed by atoms with Crippen molar-refractivity contribution in [3.8, 4) is 10.6 Å². The molecule has 0 aliphatic heterocycles. The van der Waals surface area contributed by atoms with Gasteiger partial charge in [0.15, 0.2) is 5.82 Å². The summed E-state index contributed by atoms with van der Waals surface area (Å²) in [5.41, 5.74) is 2.32. The van der Waals surface area contributed by atoms with Gasteiger partial charge in [-0.3, -0.25) is 0 Å². The lowest BCUT2D eigenvalue weighted by atomic mass is 10.1. The van der Waals surface area contributed by atoms with E-state index in [2.05, 4.69) is 74.7 Å². The van der Waals surface area contributed by atoms with E-state index < -0.39 is 0 Å². The molecule has 0 spiro atoms. The maximum Gasteiger partial charge on any atom is 0.234 e. The second-order valence-corrected chi connectivity index (χ2v) is 7.83. The van der Waals surface area contributed by atoms with Gasteiger partial charge in [0.05, 0.1) is 0 Å². The lowest BCUT2D eigenvalue weighted by molar-refractivity contribution is 0.854. The summed E-state index contributed by atoms with van der Waals surface area (Å²) in [6.45, 7) is 0. The van der Waals surface area contributed by atoms with Crippen LogP contribution in [0.2, 0.25) is 0 Å². The van der Waals surface area contributed by atoms with Crippen LogP contribution in [0.1, 0.15) is 11.4 Å². The number of hydrogen-bond acceptors (Lipinski definition) is 4. The van der Waals surface area contributed by atoms with Gasteiger partial charge >= 0.3 is 0 Å². The molecular formula is C20H13BrN4S. The van der Waals surface area contributed by atoms with Crippen LogP contribution in [-0.2, 0) is 6.42 Å². The second kappa shape index (κ2) is 6.30. The van der Waals surface area contributed by atoms with Gasteiger partial charge in [-0.05, 0) is 22.4 Å². The summed E-state index contributed by atoms with van der Waals surface area (Å²) >= 11 is 5.20. The molecule has 0 fully saturated rings. The van der Waals surface area contributed by atoms with E-state index in [4.69, 9.17) is 5.10 Å². The lowest BCUT2D eigenvalue weighted by Crippen LogP contribution is -1.97. The molecule has 5 rings (SSSR count). The van der Waals surface area contributed by atoms with Crippen molar-refractivity contribution < 1.29 is 0 Å². The van der Waals surface area contributed by atoms with Crippen LogP contribution in [0.3, 0.4) is 0 Å². The third kappa shape index (κ3) is 2.62. The van der Waals surface area contributed by atoms with Gasteiger partial charge < -0.3 is 0 Å². The van der Waals surface area contributed by atoms with Crippen LogP contribution in [0, 0.1) is 0 Å². The minimum atomic E-state index is 0.715. The summed E-state index contributed by atoms with van der Waals surface area (Å²) < 4.78 is 2.95. The maximum atomic E-state index is 4.81. The van der Waals surface area contributed by atoms with Crippen molar-refractivity contribution in [1.82, 2.24) is 19.8 Å². The van der Waals surface area contributed by atoms with Gasteiger partial charge in [-0.2, -0.15) is 9.61 Å². The van der Waals surface area contributed by atoms with Crippen molar-refractivity contribution in [3.63, 3.8) is 0 Å². The summed E-state index contributed by atoms with van der Waals surface area (Å²) in [6, 6.07) is 22.8.